The molecule has 0 saturated heterocycles. The monoisotopic (exact) mass is 232 g/mol. The summed E-state index contributed by atoms with van der Waals surface area (Å²) in [7, 11) is 0.0776. The maximum Gasteiger partial charge on any atom is 0.0579 e. The summed E-state index contributed by atoms with van der Waals surface area (Å²) in [5.74, 6) is 0. The highest BCUT2D eigenvalue weighted by molar-refractivity contribution is 7.56. The Hall–Kier alpha value is 0.390. The van der Waals surface area contributed by atoms with Crippen LogP contribution in [0.2, 0.25) is 0 Å². The molecule has 0 rings (SSSR count). The maximum absolute atomic E-state index is 9.68. The number of aliphatic hydroxyl groups excluding tert-OH is 1. The number of unbranched alkanes of at least 4 members (excludes halogenated alkanes) is 6. The predicted octanol–water partition coefficient (Wildman–Crippen LogP) is 4.23. The van der Waals surface area contributed by atoms with Gasteiger partial charge in [-0.25, -0.2) is 0 Å². The molecule has 0 aromatic rings. The Morgan fingerprint density at radius 1 is 0.933 bits per heavy atom. The topological polar surface area (TPSA) is 20.2 Å². The zero-order valence-corrected chi connectivity index (χ0v) is 11.7. The summed E-state index contributed by atoms with van der Waals surface area (Å²) in [6.45, 7) is 6.73. The van der Waals surface area contributed by atoms with E-state index >= 15 is 0 Å². The summed E-state index contributed by atoms with van der Waals surface area (Å²) < 4.78 is 0. The first kappa shape index (κ1) is 15.4. The van der Waals surface area contributed by atoms with Gasteiger partial charge in [0.25, 0.3) is 0 Å². The Kier molecular flexibility index (Phi) is 11.2. The van der Waals surface area contributed by atoms with Crippen LogP contribution in [0.3, 0.4) is 0 Å². The molecule has 0 aliphatic carbocycles. The van der Waals surface area contributed by atoms with Crippen molar-refractivity contribution in [1.82, 2.24) is 0 Å². The van der Waals surface area contributed by atoms with Crippen LogP contribution < -0.4 is 0 Å². The zero-order chi connectivity index (χ0) is 11.5. The third-order valence-corrected chi connectivity index (χ3v) is 3.87. The third kappa shape index (κ3) is 12.3. The van der Waals surface area contributed by atoms with E-state index in [4.69, 9.17) is 0 Å². The van der Waals surface area contributed by atoms with Crippen molar-refractivity contribution in [2.45, 2.75) is 64.4 Å². The number of hydrogen-bond donors (Lipinski definition) is 1. The molecule has 0 aliphatic heterocycles. The molecule has 1 nitrogen and oxygen atoms in total. The molecule has 92 valence electrons. The van der Waals surface area contributed by atoms with Crippen molar-refractivity contribution >= 4 is 7.92 Å². The van der Waals surface area contributed by atoms with E-state index in [1.54, 1.807) is 0 Å². The van der Waals surface area contributed by atoms with Gasteiger partial charge in [0.1, 0.15) is 0 Å². The molecule has 0 aromatic heterocycles. The summed E-state index contributed by atoms with van der Waals surface area (Å²) in [4.78, 5) is 0. The summed E-state index contributed by atoms with van der Waals surface area (Å²) >= 11 is 0. The molecule has 0 aliphatic rings. The lowest BCUT2D eigenvalue weighted by atomic mass is 10.1. The first-order valence-corrected chi connectivity index (χ1v) is 8.91. The van der Waals surface area contributed by atoms with Crippen molar-refractivity contribution in [1.29, 1.82) is 0 Å². The van der Waals surface area contributed by atoms with Gasteiger partial charge in [-0.3, -0.25) is 0 Å². The van der Waals surface area contributed by atoms with E-state index in [1.807, 2.05) is 0 Å². The molecular weight excluding hydrogens is 203 g/mol. The molecule has 0 radical (unpaired) electrons. The van der Waals surface area contributed by atoms with Gasteiger partial charge in [-0.2, -0.15) is 0 Å². The molecule has 15 heavy (non-hydrogen) atoms. The SMILES string of the molecule is CCCCCCCCCC(O)CP(C)C. The van der Waals surface area contributed by atoms with Crippen LogP contribution in [0.4, 0.5) is 0 Å². The molecular formula is C13H29OP. The molecule has 0 bridgehead atoms. The lowest BCUT2D eigenvalue weighted by molar-refractivity contribution is 0.184. The quantitative estimate of drug-likeness (QED) is 0.441. The minimum Gasteiger partial charge on any atom is -0.393 e. The second kappa shape index (κ2) is 10.9. The van der Waals surface area contributed by atoms with Crippen molar-refractivity contribution < 1.29 is 5.11 Å². The molecule has 2 heteroatoms. The van der Waals surface area contributed by atoms with Gasteiger partial charge in [0.05, 0.1) is 6.10 Å². The number of hydrogen-bond acceptors (Lipinski definition) is 1. The Labute approximate surface area is 97.4 Å². The van der Waals surface area contributed by atoms with Crippen LogP contribution >= 0.6 is 7.92 Å². The van der Waals surface area contributed by atoms with E-state index in [0.717, 1.165) is 12.6 Å². The van der Waals surface area contributed by atoms with Gasteiger partial charge >= 0.3 is 0 Å². The molecule has 0 amide bonds. The second-order valence-electron chi connectivity index (χ2n) is 4.83. The Balaban J connectivity index is 3.09. The van der Waals surface area contributed by atoms with Crippen molar-refractivity contribution in [2.24, 2.45) is 0 Å². The highest BCUT2D eigenvalue weighted by Gasteiger charge is 2.05. The molecule has 1 unspecified atom stereocenters. The highest BCUT2D eigenvalue weighted by Crippen LogP contribution is 2.26. The molecule has 0 fully saturated rings. The first-order chi connectivity index (χ1) is 7.16. The van der Waals surface area contributed by atoms with E-state index < -0.39 is 0 Å². The average molecular weight is 232 g/mol. The molecule has 1 N–H and O–H groups in total. The van der Waals surface area contributed by atoms with Gasteiger partial charge in [0.2, 0.25) is 0 Å². The molecule has 0 heterocycles. The predicted molar refractivity (Wildman–Crippen MR) is 72.3 cm³/mol. The Morgan fingerprint density at radius 3 is 2.00 bits per heavy atom. The van der Waals surface area contributed by atoms with Gasteiger partial charge in [0, 0.05) is 0 Å². The van der Waals surface area contributed by atoms with E-state index in [1.165, 1.54) is 44.9 Å². The van der Waals surface area contributed by atoms with Crippen LogP contribution in [0.1, 0.15) is 58.3 Å². The van der Waals surface area contributed by atoms with Crippen LogP contribution in [0.25, 0.3) is 0 Å². The molecule has 1 atom stereocenters. The fraction of sp³-hybridized carbons (Fsp3) is 1.00. The summed E-state index contributed by atoms with van der Waals surface area (Å²) in [5.41, 5.74) is 0. The second-order valence-corrected chi connectivity index (χ2v) is 7.35. The minimum absolute atomic E-state index is 0.0262. The normalized spacial score (nSPS) is 13.4. The van der Waals surface area contributed by atoms with E-state index in [-0.39, 0.29) is 14.0 Å². The summed E-state index contributed by atoms with van der Waals surface area (Å²) in [6.07, 6.45) is 11.4. The first-order valence-electron chi connectivity index (χ1n) is 6.49. The van der Waals surface area contributed by atoms with E-state index in [2.05, 4.69) is 20.3 Å². The smallest absolute Gasteiger partial charge is 0.0579 e. The Bertz CT molecular complexity index is 126. The summed E-state index contributed by atoms with van der Waals surface area (Å²) in [6, 6.07) is 0. The number of aliphatic hydroxyl groups is 1. The highest BCUT2D eigenvalue weighted by atomic mass is 31.1. The van der Waals surface area contributed by atoms with Crippen LogP contribution in [0.15, 0.2) is 0 Å². The number of rotatable bonds is 10. The standard InChI is InChI=1S/C13H29OP/c1-4-5-6-7-8-9-10-11-13(14)12-15(2)3/h13-14H,4-12H2,1-3H3. The molecule has 0 aromatic carbocycles. The van der Waals surface area contributed by atoms with Crippen LogP contribution in [0, 0.1) is 0 Å². The lowest BCUT2D eigenvalue weighted by Gasteiger charge is -2.12. The van der Waals surface area contributed by atoms with E-state index in [9.17, 15) is 5.11 Å². The van der Waals surface area contributed by atoms with E-state index in [0.29, 0.717) is 0 Å². The van der Waals surface area contributed by atoms with Gasteiger partial charge in [-0.05, 0) is 25.9 Å². The van der Waals surface area contributed by atoms with Crippen LogP contribution in [-0.2, 0) is 0 Å². The van der Waals surface area contributed by atoms with Gasteiger partial charge in [0.15, 0.2) is 0 Å². The zero-order valence-electron chi connectivity index (χ0n) is 10.8. The van der Waals surface area contributed by atoms with Crippen molar-refractivity contribution in [3.63, 3.8) is 0 Å². The Morgan fingerprint density at radius 2 is 1.47 bits per heavy atom. The van der Waals surface area contributed by atoms with Crippen molar-refractivity contribution in [2.75, 3.05) is 19.5 Å². The minimum atomic E-state index is -0.0262. The maximum atomic E-state index is 9.68. The molecule has 0 saturated carbocycles. The van der Waals surface area contributed by atoms with Crippen LogP contribution in [-0.4, -0.2) is 30.7 Å². The van der Waals surface area contributed by atoms with Crippen LogP contribution in [0.5, 0.6) is 0 Å². The van der Waals surface area contributed by atoms with Crippen molar-refractivity contribution in [3.05, 3.63) is 0 Å². The van der Waals surface area contributed by atoms with Gasteiger partial charge in [-0.1, -0.05) is 51.9 Å². The molecule has 0 spiro atoms. The lowest BCUT2D eigenvalue weighted by Crippen LogP contribution is -2.10. The van der Waals surface area contributed by atoms with Crippen molar-refractivity contribution in [3.8, 4) is 0 Å². The van der Waals surface area contributed by atoms with Gasteiger partial charge in [-0.15, -0.1) is 7.92 Å². The fourth-order valence-electron chi connectivity index (χ4n) is 1.85. The van der Waals surface area contributed by atoms with Gasteiger partial charge < -0.3 is 5.11 Å². The third-order valence-electron chi connectivity index (χ3n) is 2.72. The fourth-order valence-corrected chi connectivity index (χ4v) is 2.88. The summed E-state index contributed by atoms with van der Waals surface area (Å²) in [5, 5.41) is 9.68. The average Bonchev–Trinajstić information content (AvgIpc) is 2.15. The largest absolute Gasteiger partial charge is 0.393 e.